The fourth-order valence-electron chi connectivity index (χ4n) is 1.80. The van der Waals surface area contributed by atoms with Gasteiger partial charge in [0.25, 0.3) is 0 Å². The molecule has 0 fully saturated rings. The fraction of sp³-hybridized carbons (Fsp3) is 0.250. The van der Waals surface area contributed by atoms with Gasteiger partial charge in [-0.3, -0.25) is 0 Å². The molecule has 4 heteroatoms. The Morgan fingerprint density at radius 2 is 1.88 bits per heavy atom. The molecule has 0 saturated heterocycles. The van der Waals surface area contributed by atoms with Gasteiger partial charge in [0.1, 0.15) is 0 Å². The zero-order valence-corrected chi connectivity index (χ0v) is 10.1. The number of hydrogen-bond acceptors (Lipinski definition) is 2. The first-order valence-electron chi connectivity index (χ1n) is 5.14. The van der Waals surface area contributed by atoms with Crippen molar-refractivity contribution in [2.45, 2.75) is 20.4 Å². The largest absolute Gasteiger partial charge is 0.326 e. The van der Waals surface area contributed by atoms with Crippen LogP contribution >= 0.6 is 11.6 Å². The number of nitrogens with two attached hydrogens (primary N) is 1. The molecule has 2 aromatic rings. The van der Waals surface area contributed by atoms with Crippen LogP contribution in [0.4, 0.5) is 0 Å². The Hall–Kier alpha value is -1.32. The summed E-state index contributed by atoms with van der Waals surface area (Å²) >= 11 is 5.85. The van der Waals surface area contributed by atoms with Gasteiger partial charge in [-0.25, -0.2) is 4.68 Å². The molecule has 0 bridgehead atoms. The summed E-state index contributed by atoms with van der Waals surface area (Å²) in [6.45, 7) is 4.52. The SMILES string of the molecule is Cc1nn(-c2ccc(Cl)cc2)c(C)c1CN. The van der Waals surface area contributed by atoms with E-state index in [1.807, 2.05) is 42.8 Å². The molecule has 0 radical (unpaired) electrons. The third-order valence-corrected chi connectivity index (χ3v) is 2.97. The first-order chi connectivity index (χ1) is 7.63. The van der Waals surface area contributed by atoms with Gasteiger partial charge in [-0.05, 0) is 38.1 Å². The van der Waals surface area contributed by atoms with Crippen LogP contribution < -0.4 is 5.73 Å². The van der Waals surface area contributed by atoms with Crippen molar-refractivity contribution in [2.75, 3.05) is 0 Å². The van der Waals surface area contributed by atoms with Crippen LogP contribution in [0.5, 0.6) is 0 Å². The molecule has 0 aliphatic carbocycles. The molecule has 2 N–H and O–H groups in total. The Morgan fingerprint density at radius 3 is 2.38 bits per heavy atom. The lowest BCUT2D eigenvalue weighted by molar-refractivity contribution is 0.832. The maximum atomic E-state index is 5.85. The Labute approximate surface area is 99.8 Å². The van der Waals surface area contributed by atoms with Gasteiger partial charge in [0.05, 0.1) is 11.4 Å². The Bertz CT molecular complexity index is 500. The van der Waals surface area contributed by atoms with Gasteiger partial charge in [0.2, 0.25) is 0 Å². The van der Waals surface area contributed by atoms with E-state index < -0.39 is 0 Å². The average Bonchev–Trinajstić information content (AvgIpc) is 2.55. The van der Waals surface area contributed by atoms with E-state index in [-0.39, 0.29) is 0 Å². The molecule has 0 amide bonds. The summed E-state index contributed by atoms with van der Waals surface area (Å²) < 4.78 is 1.90. The van der Waals surface area contributed by atoms with E-state index in [0.717, 1.165) is 27.7 Å². The van der Waals surface area contributed by atoms with Crippen molar-refractivity contribution in [1.82, 2.24) is 9.78 Å². The molecule has 1 aromatic carbocycles. The van der Waals surface area contributed by atoms with Gasteiger partial charge in [-0.2, -0.15) is 5.10 Å². The van der Waals surface area contributed by atoms with Crippen molar-refractivity contribution in [1.29, 1.82) is 0 Å². The monoisotopic (exact) mass is 235 g/mol. The molecule has 0 unspecified atom stereocenters. The van der Waals surface area contributed by atoms with E-state index in [2.05, 4.69) is 5.10 Å². The van der Waals surface area contributed by atoms with E-state index in [1.54, 1.807) is 0 Å². The predicted molar refractivity (Wildman–Crippen MR) is 65.9 cm³/mol. The third kappa shape index (κ3) is 1.84. The van der Waals surface area contributed by atoms with E-state index >= 15 is 0 Å². The van der Waals surface area contributed by atoms with Crippen molar-refractivity contribution in [3.63, 3.8) is 0 Å². The Morgan fingerprint density at radius 1 is 1.25 bits per heavy atom. The summed E-state index contributed by atoms with van der Waals surface area (Å²) in [5, 5.41) is 5.20. The maximum Gasteiger partial charge on any atom is 0.0649 e. The second-order valence-corrected chi connectivity index (χ2v) is 4.18. The van der Waals surface area contributed by atoms with Crippen LogP contribution in [0.1, 0.15) is 17.0 Å². The Balaban J connectivity index is 2.52. The molecule has 1 aromatic heterocycles. The molecule has 0 saturated carbocycles. The molecule has 3 nitrogen and oxygen atoms in total. The summed E-state index contributed by atoms with van der Waals surface area (Å²) in [6, 6.07) is 7.61. The molecule has 0 atom stereocenters. The number of halogens is 1. The smallest absolute Gasteiger partial charge is 0.0649 e. The summed E-state index contributed by atoms with van der Waals surface area (Å²) in [7, 11) is 0. The molecule has 0 aliphatic heterocycles. The van der Waals surface area contributed by atoms with Crippen LogP contribution in [0.25, 0.3) is 5.69 Å². The minimum atomic E-state index is 0.519. The number of benzene rings is 1. The lowest BCUT2D eigenvalue weighted by Gasteiger charge is -2.04. The topological polar surface area (TPSA) is 43.8 Å². The first kappa shape index (κ1) is 11.2. The number of hydrogen-bond donors (Lipinski definition) is 1. The van der Waals surface area contributed by atoms with Crippen molar-refractivity contribution in [2.24, 2.45) is 5.73 Å². The van der Waals surface area contributed by atoms with Crippen molar-refractivity contribution in [3.05, 3.63) is 46.2 Å². The lowest BCUT2D eigenvalue weighted by atomic mass is 10.2. The van der Waals surface area contributed by atoms with E-state index in [4.69, 9.17) is 17.3 Å². The molecule has 0 aliphatic rings. The van der Waals surface area contributed by atoms with Crippen LogP contribution in [-0.2, 0) is 6.54 Å². The van der Waals surface area contributed by atoms with Gasteiger partial charge < -0.3 is 5.73 Å². The predicted octanol–water partition coefficient (Wildman–Crippen LogP) is 2.60. The maximum absolute atomic E-state index is 5.85. The van der Waals surface area contributed by atoms with Crippen LogP contribution in [-0.4, -0.2) is 9.78 Å². The average molecular weight is 236 g/mol. The fourth-order valence-corrected chi connectivity index (χ4v) is 1.93. The summed E-state index contributed by atoms with van der Waals surface area (Å²) in [5.41, 5.74) is 9.87. The number of nitrogens with zero attached hydrogens (tertiary/aromatic N) is 2. The number of rotatable bonds is 2. The molecular weight excluding hydrogens is 222 g/mol. The molecule has 1 heterocycles. The highest BCUT2D eigenvalue weighted by molar-refractivity contribution is 6.30. The molecule has 16 heavy (non-hydrogen) atoms. The lowest BCUT2D eigenvalue weighted by Crippen LogP contribution is -2.01. The van der Waals surface area contributed by atoms with Gasteiger partial charge >= 0.3 is 0 Å². The van der Waals surface area contributed by atoms with Crippen LogP contribution in [0.15, 0.2) is 24.3 Å². The molecular formula is C12H14ClN3. The van der Waals surface area contributed by atoms with Crippen molar-refractivity contribution >= 4 is 11.6 Å². The second kappa shape index (κ2) is 4.28. The van der Waals surface area contributed by atoms with Crippen molar-refractivity contribution in [3.8, 4) is 5.69 Å². The second-order valence-electron chi connectivity index (χ2n) is 3.74. The summed E-state index contributed by atoms with van der Waals surface area (Å²) in [5.74, 6) is 0. The van der Waals surface area contributed by atoms with E-state index in [9.17, 15) is 0 Å². The first-order valence-corrected chi connectivity index (χ1v) is 5.52. The number of aryl methyl sites for hydroxylation is 1. The molecule has 84 valence electrons. The van der Waals surface area contributed by atoms with Gasteiger partial charge in [0, 0.05) is 22.8 Å². The van der Waals surface area contributed by atoms with Gasteiger partial charge in [0.15, 0.2) is 0 Å². The molecule has 2 rings (SSSR count). The highest BCUT2D eigenvalue weighted by atomic mass is 35.5. The standard InChI is InChI=1S/C12H14ClN3/c1-8-12(7-14)9(2)16(15-8)11-5-3-10(13)4-6-11/h3-6H,7,14H2,1-2H3. The highest BCUT2D eigenvalue weighted by Gasteiger charge is 2.10. The van der Waals surface area contributed by atoms with E-state index in [1.165, 1.54) is 0 Å². The van der Waals surface area contributed by atoms with Crippen LogP contribution in [0.2, 0.25) is 5.02 Å². The van der Waals surface area contributed by atoms with Gasteiger partial charge in [-0.15, -0.1) is 0 Å². The minimum absolute atomic E-state index is 0.519. The van der Waals surface area contributed by atoms with Gasteiger partial charge in [-0.1, -0.05) is 11.6 Å². The summed E-state index contributed by atoms with van der Waals surface area (Å²) in [4.78, 5) is 0. The van der Waals surface area contributed by atoms with Crippen LogP contribution in [0.3, 0.4) is 0 Å². The normalized spacial score (nSPS) is 10.8. The Kier molecular flexibility index (Phi) is 2.99. The third-order valence-electron chi connectivity index (χ3n) is 2.72. The van der Waals surface area contributed by atoms with E-state index in [0.29, 0.717) is 6.54 Å². The zero-order valence-electron chi connectivity index (χ0n) is 9.37. The molecule has 0 spiro atoms. The minimum Gasteiger partial charge on any atom is -0.326 e. The van der Waals surface area contributed by atoms with Crippen molar-refractivity contribution < 1.29 is 0 Å². The zero-order chi connectivity index (χ0) is 11.7. The van der Waals surface area contributed by atoms with Crippen LogP contribution in [0, 0.1) is 13.8 Å². The summed E-state index contributed by atoms with van der Waals surface area (Å²) in [6.07, 6.45) is 0. The highest BCUT2D eigenvalue weighted by Crippen LogP contribution is 2.18. The quantitative estimate of drug-likeness (QED) is 0.870. The number of aromatic nitrogens is 2.